The Hall–Kier alpha value is -0.580. The minimum Gasteiger partial charge on any atom is -0.367 e. The lowest BCUT2D eigenvalue weighted by Gasteiger charge is -2.24. The van der Waals surface area contributed by atoms with Gasteiger partial charge >= 0.3 is 0 Å². The van der Waals surface area contributed by atoms with Gasteiger partial charge in [-0.3, -0.25) is 0 Å². The molecule has 100 valence electrons. The molecule has 18 heavy (non-hydrogen) atoms. The number of hydrogen-bond donors (Lipinski definition) is 1. The molecule has 0 aromatic carbocycles. The van der Waals surface area contributed by atoms with E-state index in [2.05, 4.69) is 27.2 Å². The first kappa shape index (κ1) is 13.8. The number of nitrogens with one attached hydrogen (secondary N) is 1. The number of hydrogen-bond acceptors (Lipinski definition) is 4. The van der Waals surface area contributed by atoms with Crippen molar-refractivity contribution >= 4 is 29.0 Å². The maximum Gasteiger partial charge on any atom is 0.224 e. The summed E-state index contributed by atoms with van der Waals surface area (Å²) in [5.74, 6) is 0.608. The van der Waals surface area contributed by atoms with E-state index in [0.29, 0.717) is 10.8 Å². The topological polar surface area (TPSA) is 41.0 Å². The molecule has 0 saturated heterocycles. The van der Waals surface area contributed by atoms with Crippen molar-refractivity contribution in [3.05, 3.63) is 16.5 Å². The number of aromatic nitrogens is 2. The molecule has 6 heteroatoms. The van der Waals surface area contributed by atoms with Crippen LogP contribution in [0.3, 0.4) is 0 Å². The van der Waals surface area contributed by atoms with Gasteiger partial charge in [-0.1, -0.05) is 24.4 Å². The summed E-state index contributed by atoms with van der Waals surface area (Å²) < 4.78 is 0. The Labute approximate surface area is 118 Å². The van der Waals surface area contributed by atoms with Crippen LogP contribution in [0.15, 0.2) is 6.20 Å². The zero-order valence-corrected chi connectivity index (χ0v) is 12.0. The largest absolute Gasteiger partial charge is 0.367 e. The van der Waals surface area contributed by atoms with Crippen molar-refractivity contribution in [2.75, 3.05) is 25.5 Å². The van der Waals surface area contributed by atoms with Crippen molar-refractivity contribution in [2.45, 2.75) is 31.7 Å². The maximum absolute atomic E-state index is 5.98. The molecule has 0 spiro atoms. The predicted molar refractivity (Wildman–Crippen MR) is 75.4 cm³/mol. The van der Waals surface area contributed by atoms with E-state index in [4.69, 9.17) is 23.2 Å². The van der Waals surface area contributed by atoms with Gasteiger partial charge in [0.1, 0.15) is 10.8 Å². The van der Waals surface area contributed by atoms with Crippen LogP contribution < -0.4 is 5.32 Å². The number of rotatable bonds is 5. The minimum absolute atomic E-state index is 0.214. The second kappa shape index (κ2) is 6.55. The van der Waals surface area contributed by atoms with Crippen molar-refractivity contribution in [2.24, 2.45) is 0 Å². The van der Waals surface area contributed by atoms with E-state index in [-0.39, 0.29) is 5.28 Å². The Bertz CT molecular complexity index is 394. The Kier molecular flexibility index (Phi) is 5.03. The quantitative estimate of drug-likeness (QED) is 0.846. The molecule has 0 aliphatic heterocycles. The summed E-state index contributed by atoms with van der Waals surface area (Å²) in [6, 6.07) is 0.733. The third-order valence-corrected chi connectivity index (χ3v) is 3.88. The molecule has 1 fully saturated rings. The van der Waals surface area contributed by atoms with Gasteiger partial charge in [-0.05, 0) is 31.5 Å². The molecule has 2 rings (SSSR count). The van der Waals surface area contributed by atoms with E-state index in [1.54, 1.807) is 0 Å². The number of nitrogens with zero attached hydrogens (tertiary/aromatic N) is 3. The Morgan fingerprint density at radius 2 is 2.11 bits per heavy atom. The fourth-order valence-corrected chi connectivity index (χ4v) is 2.64. The van der Waals surface area contributed by atoms with Crippen LogP contribution in [0.2, 0.25) is 10.3 Å². The molecule has 1 heterocycles. The van der Waals surface area contributed by atoms with Crippen LogP contribution in [0, 0.1) is 0 Å². The highest BCUT2D eigenvalue weighted by Gasteiger charge is 2.18. The minimum atomic E-state index is 0.214. The fourth-order valence-electron chi connectivity index (χ4n) is 2.35. The van der Waals surface area contributed by atoms with Crippen LogP contribution in [-0.4, -0.2) is 41.0 Å². The van der Waals surface area contributed by atoms with Crippen LogP contribution in [0.5, 0.6) is 0 Å². The lowest BCUT2D eigenvalue weighted by Crippen LogP contribution is -2.33. The molecule has 1 saturated carbocycles. The van der Waals surface area contributed by atoms with Crippen LogP contribution in [0.1, 0.15) is 25.7 Å². The zero-order chi connectivity index (χ0) is 13.0. The molecule has 1 aliphatic carbocycles. The van der Waals surface area contributed by atoms with E-state index in [1.165, 1.54) is 31.9 Å². The molecule has 1 aliphatic rings. The summed E-state index contributed by atoms with van der Waals surface area (Å²) >= 11 is 11.7. The van der Waals surface area contributed by atoms with Gasteiger partial charge in [-0.25, -0.2) is 4.98 Å². The van der Waals surface area contributed by atoms with Crippen LogP contribution in [-0.2, 0) is 0 Å². The van der Waals surface area contributed by atoms with Crippen LogP contribution in [0.4, 0.5) is 5.82 Å². The smallest absolute Gasteiger partial charge is 0.224 e. The Morgan fingerprint density at radius 3 is 2.83 bits per heavy atom. The van der Waals surface area contributed by atoms with Gasteiger partial charge < -0.3 is 10.2 Å². The summed E-state index contributed by atoms with van der Waals surface area (Å²) in [4.78, 5) is 10.3. The van der Waals surface area contributed by atoms with Gasteiger partial charge in [0, 0.05) is 19.1 Å². The molecule has 4 nitrogen and oxygen atoms in total. The predicted octanol–water partition coefficient (Wildman–Crippen LogP) is 3.07. The third kappa shape index (κ3) is 3.70. The van der Waals surface area contributed by atoms with Gasteiger partial charge in [0.2, 0.25) is 5.28 Å². The van der Waals surface area contributed by atoms with Crippen molar-refractivity contribution in [3.63, 3.8) is 0 Å². The average Bonchev–Trinajstić information content (AvgIpc) is 2.87. The van der Waals surface area contributed by atoms with E-state index in [0.717, 1.165) is 19.1 Å². The lowest BCUT2D eigenvalue weighted by molar-refractivity contribution is 0.254. The average molecular weight is 289 g/mol. The van der Waals surface area contributed by atoms with E-state index >= 15 is 0 Å². The molecule has 0 unspecified atom stereocenters. The molecule has 0 atom stereocenters. The lowest BCUT2D eigenvalue weighted by atomic mass is 10.2. The second-order valence-corrected chi connectivity index (χ2v) is 5.43. The first-order chi connectivity index (χ1) is 8.66. The van der Waals surface area contributed by atoms with Crippen LogP contribution in [0.25, 0.3) is 0 Å². The summed E-state index contributed by atoms with van der Waals surface area (Å²) in [6.07, 6.45) is 6.86. The van der Waals surface area contributed by atoms with E-state index < -0.39 is 0 Å². The fraction of sp³-hybridized carbons (Fsp3) is 0.667. The molecular formula is C12H18Cl2N4. The molecule has 1 N–H and O–H groups in total. The Morgan fingerprint density at radius 1 is 1.39 bits per heavy atom. The summed E-state index contributed by atoms with van der Waals surface area (Å²) in [6.45, 7) is 1.78. The number of likely N-dealkylation sites (N-methyl/N-ethyl adjacent to an activating group) is 1. The first-order valence-corrected chi connectivity index (χ1v) is 7.04. The van der Waals surface area contributed by atoms with Crippen molar-refractivity contribution in [3.8, 4) is 0 Å². The molecule has 1 aromatic rings. The molecule has 0 radical (unpaired) electrons. The molecule has 0 bridgehead atoms. The van der Waals surface area contributed by atoms with Crippen molar-refractivity contribution in [1.82, 2.24) is 14.9 Å². The van der Waals surface area contributed by atoms with Crippen molar-refractivity contribution < 1.29 is 0 Å². The highest BCUT2D eigenvalue weighted by molar-refractivity contribution is 6.33. The molecular weight excluding hydrogens is 271 g/mol. The molecule has 0 amide bonds. The highest BCUT2D eigenvalue weighted by Crippen LogP contribution is 2.22. The third-order valence-electron chi connectivity index (χ3n) is 3.42. The van der Waals surface area contributed by atoms with E-state index in [1.807, 2.05) is 0 Å². The summed E-state index contributed by atoms with van der Waals surface area (Å²) in [5, 5.41) is 3.92. The van der Waals surface area contributed by atoms with Gasteiger partial charge in [0.05, 0.1) is 6.20 Å². The van der Waals surface area contributed by atoms with Gasteiger partial charge in [0.25, 0.3) is 0 Å². The SMILES string of the molecule is CN(CCNc1nc(Cl)ncc1Cl)C1CCCC1. The molecule has 1 aromatic heterocycles. The summed E-state index contributed by atoms with van der Waals surface area (Å²) in [7, 11) is 2.17. The van der Waals surface area contributed by atoms with Crippen LogP contribution >= 0.6 is 23.2 Å². The zero-order valence-electron chi connectivity index (χ0n) is 10.5. The van der Waals surface area contributed by atoms with E-state index in [9.17, 15) is 0 Å². The van der Waals surface area contributed by atoms with Gasteiger partial charge in [-0.2, -0.15) is 4.98 Å². The number of anilines is 1. The monoisotopic (exact) mass is 288 g/mol. The first-order valence-electron chi connectivity index (χ1n) is 6.29. The standard InChI is InChI=1S/C12H18Cl2N4/c1-18(9-4-2-3-5-9)7-6-15-11-10(13)8-16-12(14)17-11/h8-9H,2-7H2,1H3,(H,15,16,17). The summed E-state index contributed by atoms with van der Waals surface area (Å²) in [5.41, 5.74) is 0. The van der Waals surface area contributed by atoms with Crippen molar-refractivity contribution in [1.29, 1.82) is 0 Å². The van der Waals surface area contributed by atoms with Gasteiger partial charge in [0.15, 0.2) is 0 Å². The Balaban J connectivity index is 1.79. The maximum atomic E-state index is 5.98. The normalized spacial score (nSPS) is 16.4. The second-order valence-electron chi connectivity index (χ2n) is 4.68. The highest BCUT2D eigenvalue weighted by atomic mass is 35.5. The number of halogens is 2. The van der Waals surface area contributed by atoms with Gasteiger partial charge in [-0.15, -0.1) is 0 Å².